The third kappa shape index (κ3) is 3.66. The fourth-order valence-corrected chi connectivity index (χ4v) is 6.84. The van der Waals surface area contributed by atoms with Gasteiger partial charge in [-0.05, 0) is 37.1 Å². The van der Waals surface area contributed by atoms with Crippen molar-refractivity contribution in [2.45, 2.75) is 26.3 Å². The van der Waals surface area contributed by atoms with Gasteiger partial charge in [-0.3, -0.25) is 9.48 Å². The van der Waals surface area contributed by atoms with Crippen LogP contribution >= 0.6 is 0 Å². The zero-order valence-corrected chi connectivity index (χ0v) is 19.3. The quantitative estimate of drug-likeness (QED) is 0.611. The van der Waals surface area contributed by atoms with E-state index in [1.54, 1.807) is 0 Å². The van der Waals surface area contributed by atoms with E-state index in [9.17, 15) is 13.2 Å². The van der Waals surface area contributed by atoms with Crippen LogP contribution in [0, 0.1) is 13.8 Å². The monoisotopic (exact) mass is 452 g/mol. The number of carbonyl (C=O) groups excluding carboxylic acids is 1. The van der Waals surface area contributed by atoms with Crippen LogP contribution in [0.25, 0.3) is 10.8 Å². The van der Waals surface area contributed by atoms with Gasteiger partial charge in [-0.15, -0.1) is 0 Å². The molecule has 2 saturated heterocycles. The van der Waals surface area contributed by atoms with Crippen LogP contribution in [0.3, 0.4) is 0 Å². The number of piperazine rings is 1. The zero-order chi connectivity index (χ0) is 22.5. The van der Waals surface area contributed by atoms with Gasteiger partial charge in [0.15, 0.2) is 9.84 Å². The highest BCUT2D eigenvalue weighted by molar-refractivity contribution is 7.91. The lowest BCUT2D eigenvalue weighted by Gasteiger charge is -2.36. The summed E-state index contributed by atoms with van der Waals surface area (Å²) >= 11 is 0. The second kappa shape index (κ2) is 7.92. The molecule has 2 aromatic carbocycles. The molecule has 7 nitrogen and oxygen atoms in total. The molecule has 5 rings (SSSR count). The van der Waals surface area contributed by atoms with E-state index < -0.39 is 9.84 Å². The van der Waals surface area contributed by atoms with Gasteiger partial charge in [0.1, 0.15) is 0 Å². The molecule has 0 aliphatic carbocycles. The molecule has 1 unspecified atom stereocenters. The van der Waals surface area contributed by atoms with Gasteiger partial charge in [0, 0.05) is 31.7 Å². The van der Waals surface area contributed by atoms with Crippen molar-refractivity contribution in [1.82, 2.24) is 14.7 Å². The molecule has 0 spiro atoms. The second-order valence-corrected chi connectivity index (χ2v) is 11.1. The van der Waals surface area contributed by atoms with E-state index in [2.05, 4.69) is 4.90 Å². The number of sulfone groups is 1. The van der Waals surface area contributed by atoms with Gasteiger partial charge in [-0.25, -0.2) is 8.42 Å². The number of hydrogen-bond acceptors (Lipinski definition) is 5. The first-order chi connectivity index (χ1) is 15.3. The highest BCUT2D eigenvalue weighted by atomic mass is 32.2. The molecule has 32 heavy (non-hydrogen) atoms. The maximum absolute atomic E-state index is 13.3. The minimum absolute atomic E-state index is 0.0711. The van der Waals surface area contributed by atoms with E-state index in [0.717, 1.165) is 46.5 Å². The Balaban J connectivity index is 1.32. The van der Waals surface area contributed by atoms with Gasteiger partial charge in [0.25, 0.3) is 5.91 Å². The number of amides is 1. The Bertz CT molecular complexity index is 1280. The van der Waals surface area contributed by atoms with E-state index in [-0.39, 0.29) is 23.5 Å². The lowest BCUT2D eigenvalue weighted by atomic mass is 10.0. The summed E-state index contributed by atoms with van der Waals surface area (Å²) in [4.78, 5) is 17.5. The van der Waals surface area contributed by atoms with Gasteiger partial charge < -0.3 is 9.80 Å². The molecule has 1 aromatic heterocycles. The summed E-state index contributed by atoms with van der Waals surface area (Å²) in [5.41, 5.74) is 3.75. The summed E-state index contributed by atoms with van der Waals surface area (Å²) in [6.45, 7) is 6.75. The van der Waals surface area contributed by atoms with Gasteiger partial charge >= 0.3 is 0 Å². The van der Waals surface area contributed by atoms with Crippen LogP contribution in [0.4, 0.5) is 5.69 Å². The van der Waals surface area contributed by atoms with Crippen molar-refractivity contribution in [3.05, 3.63) is 59.4 Å². The first-order valence-electron chi connectivity index (χ1n) is 11.1. The third-order valence-electron chi connectivity index (χ3n) is 6.74. The molecule has 1 amide bonds. The fourth-order valence-electron chi connectivity index (χ4n) is 5.15. The van der Waals surface area contributed by atoms with Crippen LogP contribution in [-0.2, 0) is 9.84 Å². The predicted octanol–water partition coefficient (Wildman–Crippen LogP) is 2.98. The molecule has 0 bridgehead atoms. The highest BCUT2D eigenvalue weighted by Gasteiger charge is 2.33. The maximum Gasteiger partial charge on any atom is 0.254 e. The van der Waals surface area contributed by atoms with Gasteiger partial charge in [0.05, 0.1) is 34.6 Å². The molecule has 3 aromatic rings. The van der Waals surface area contributed by atoms with Gasteiger partial charge in [-0.1, -0.05) is 36.4 Å². The van der Waals surface area contributed by atoms with E-state index >= 15 is 0 Å². The molecule has 2 aliphatic rings. The molecule has 8 heteroatoms. The van der Waals surface area contributed by atoms with Crippen LogP contribution < -0.4 is 4.90 Å². The van der Waals surface area contributed by atoms with Crippen molar-refractivity contribution in [3.63, 3.8) is 0 Å². The van der Waals surface area contributed by atoms with Crippen molar-refractivity contribution < 1.29 is 13.2 Å². The standard InChI is InChI=1S/C24H28N4O3S/c1-17-23(18(2)28(25-17)20-10-15-32(30,31)16-20)26-11-13-27(14-12-26)24(29)22-9-5-7-19-6-3-4-8-21(19)22/h3-9,20H,10-16H2,1-2H3. The SMILES string of the molecule is Cc1nn(C2CCS(=O)(=O)C2)c(C)c1N1CCN(C(=O)c2cccc3ccccc23)CC1. The first kappa shape index (κ1) is 21.0. The molecule has 1 atom stereocenters. The maximum atomic E-state index is 13.3. The van der Waals surface area contributed by atoms with E-state index in [0.29, 0.717) is 19.5 Å². The number of anilines is 1. The van der Waals surface area contributed by atoms with E-state index in [4.69, 9.17) is 5.10 Å². The Labute approximate surface area is 188 Å². The number of carbonyl (C=O) groups is 1. The molecular formula is C24H28N4O3S. The number of benzene rings is 2. The Kier molecular flexibility index (Phi) is 5.20. The van der Waals surface area contributed by atoms with Crippen LogP contribution in [0.15, 0.2) is 42.5 Å². The Hall–Kier alpha value is -2.87. The summed E-state index contributed by atoms with van der Waals surface area (Å²) in [5.74, 6) is 0.476. The summed E-state index contributed by atoms with van der Waals surface area (Å²) in [7, 11) is -2.97. The predicted molar refractivity (Wildman–Crippen MR) is 126 cm³/mol. The lowest BCUT2D eigenvalue weighted by Crippen LogP contribution is -2.49. The normalized spacial score (nSPS) is 20.8. The molecule has 168 valence electrons. The minimum Gasteiger partial charge on any atom is -0.365 e. The van der Waals surface area contributed by atoms with Crippen LogP contribution in [0.1, 0.15) is 34.2 Å². The lowest BCUT2D eigenvalue weighted by molar-refractivity contribution is 0.0748. The van der Waals surface area contributed by atoms with Crippen molar-refractivity contribution in [3.8, 4) is 0 Å². The number of fused-ring (bicyclic) bond motifs is 1. The smallest absolute Gasteiger partial charge is 0.254 e. The largest absolute Gasteiger partial charge is 0.365 e. The summed E-state index contributed by atoms with van der Waals surface area (Å²) < 4.78 is 25.8. The molecular weight excluding hydrogens is 424 g/mol. The topological polar surface area (TPSA) is 75.5 Å². The Morgan fingerprint density at radius 1 is 1.00 bits per heavy atom. The number of aryl methyl sites for hydroxylation is 1. The summed E-state index contributed by atoms with van der Waals surface area (Å²) in [5, 5.41) is 6.76. The van der Waals surface area contributed by atoms with Gasteiger partial charge in [-0.2, -0.15) is 5.10 Å². The van der Waals surface area contributed by atoms with E-state index in [1.807, 2.05) is 65.9 Å². The second-order valence-electron chi connectivity index (χ2n) is 8.83. The number of nitrogens with zero attached hydrogens (tertiary/aromatic N) is 4. The minimum atomic E-state index is -2.97. The van der Waals surface area contributed by atoms with Crippen LogP contribution in [-0.4, -0.2) is 66.7 Å². The third-order valence-corrected chi connectivity index (χ3v) is 8.49. The average Bonchev–Trinajstić information content (AvgIpc) is 3.30. The van der Waals surface area contributed by atoms with Crippen LogP contribution in [0.5, 0.6) is 0 Å². The van der Waals surface area contributed by atoms with Gasteiger partial charge in [0.2, 0.25) is 0 Å². The molecule has 0 saturated carbocycles. The summed E-state index contributed by atoms with van der Waals surface area (Å²) in [6.07, 6.45) is 0.622. The summed E-state index contributed by atoms with van der Waals surface area (Å²) in [6, 6.07) is 13.8. The Morgan fingerprint density at radius 3 is 2.44 bits per heavy atom. The van der Waals surface area contributed by atoms with Crippen LogP contribution in [0.2, 0.25) is 0 Å². The Morgan fingerprint density at radius 2 is 1.72 bits per heavy atom. The zero-order valence-electron chi connectivity index (χ0n) is 18.5. The number of aromatic nitrogens is 2. The molecule has 0 radical (unpaired) electrons. The van der Waals surface area contributed by atoms with Crippen molar-refractivity contribution in [2.24, 2.45) is 0 Å². The number of rotatable bonds is 3. The number of hydrogen-bond donors (Lipinski definition) is 0. The molecule has 3 heterocycles. The first-order valence-corrected chi connectivity index (χ1v) is 12.9. The van der Waals surface area contributed by atoms with Crippen molar-refractivity contribution >= 4 is 32.2 Å². The van der Waals surface area contributed by atoms with Crippen molar-refractivity contribution in [2.75, 3.05) is 42.6 Å². The molecule has 2 fully saturated rings. The average molecular weight is 453 g/mol. The fraction of sp³-hybridized carbons (Fsp3) is 0.417. The van der Waals surface area contributed by atoms with E-state index in [1.165, 1.54) is 0 Å². The molecule has 2 aliphatic heterocycles. The molecule has 0 N–H and O–H groups in total. The van der Waals surface area contributed by atoms with Crippen molar-refractivity contribution in [1.29, 1.82) is 0 Å². The highest BCUT2D eigenvalue weighted by Crippen LogP contribution is 2.32.